The smallest absolute Gasteiger partial charge is 0.497 e. The Morgan fingerprint density at radius 1 is 0.746 bits per heavy atom. The Bertz CT molecular complexity index is 2950. The van der Waals surface area contributed by atoms with Gasteiger partial charge in [-0.1, -0.05) is 129 Å². The molecule has 59 heavy (non-hydrogen) atoms. The Morgan fingerprint density at radius 3 is 2.19 bits per heavy atom. The number of furan rings is 1. The molecule has 6 heteroatoms. The Kier molecular flexibility index (Phi) is 9.19. The minimum atomic E-state index is -0.0400. The third-order valence-corrected chi connectivity index (χ3v) is 13.9. The molecule has 10 rings (SSSR count). The molecule has 0 spiro atoms. The summed E-state index contributed by atoms with van der Waals surface area (Å²) in [7, 11) is 0. The van der Waals surface area contributed by atoms with Crippen molar-refractivity contribution < 1.29 is 30.2 Å². The Labute approximate surface area is 362 Å². The number of hydrogen-bond donors (Lipinski definition) is 0. The quantitative estimate of drug-likeness (QED) is 0.161. The molecule has 8 aromatic rings. The number of fused-ring (bicyclic) bond motifs is 7. The maximum Gasteiger partial charge on any atom is 2.00 e. The number of benzene rings is 4. The number of aryl methyl sites for hydroxylation is 2. The summed E-state index contributed by atoms with van der Waals surface area (Å²) in [6.07, 6.45) is 5.94. The van der Waals surface area contributed by atoms with Gasteiger partial charge in [0.05, 0.1) is 16.8 Å². The van der Waals surface area contributed by atoms with E-state index in [1.807, 2.05) is 18.2 Å². The van der Waals surface area contributed by atoms with Crippen molar-refractivity contribution in [1.82, 2.24) is 14.5 Å². The third kappa shape index (κ3) is 6.37. The van der Waals surface area contributed by atoms with Gasteiger partial charge < -0.3 is 18.7 Å². The van der Waals surface area contributed by atoms with Gasteiger partial charge in [0.2, 0.25) is 5.88 Å². The largest absolute Gasteiger partial charge is 2.00 e. The molecular formula is C53H53N3O2Pt. The second-order valence-corrected chi connectivity index (χ2v) is 20.2. The molecule has 1 unspecified atom stereocenters. The number of ether oxygens (including phenoxy) is 1. The van der Waals surface area contributed by atoms with Crippen molar-refractivity contribution in [3.05, 3.63) is 126 Å². The van der Waals surface area contributed by atoms with Crippen molar-refractivity contribution in [2.75, 3.05) is 0 Å². The molecule has 4 aromatic heterocycles. The summed E-state index contributed by atoms with van der Waals surface area (Å²) in [5.74, 6) is 2.06. The van der Waals surface area contributed by atoms with Crippen molar-refractivity contribution in [2.24, 2.45) is 22.7 Å². The second kappa shape index (κ2) is 13.6. The van der Waals surface area contributed by atoms with E-state index in [4.69, 9.17) is 19.1 Å². The Morgan fingerprint density at radius 2 is 1.44 bits per heavy atom. The van der Waals surface area contributed by atoms with Crippen LogP contribution in [-0.4, -0.2) is 14.5 Å². The SMILES string of the molecule is Cc1c[c-]c(-n2c3ccccc3c3ccc(Oc4[c-]c(-c5cc6c(cn5)C(C)(C)C(C5CC(C)(C)CC(C)(C)C5)C6(C)C)cc5c4oc4ccccc45)nc32)cc1C.[Pt+2]. The fourth-order valence-electron chi connectivity index (χ4n) is 12.2. The summed E-state index contributed by atoms with van der Waals surface area (Å²) in [5.41, 5.74) is 11.8. The van der Waals surface area contributed by atoms with Crippen LogP contribution in [0, 0.1) is 48.6 Å². The first-order valence-electron chi connectivity index (χ1n) is 21.0. The van der Waals surface area contributed by atoms with Gasteiger partial charge in [-0.3, -0.25) is 0 Å². The zero-order valence-electron chi connectivity index (χ0n) is 35.9. The van der Waals surface area contributed by atoms with Crippen LogP contribution in [0.1, 0.15) is 96.9 Å². The van der Waals surface area contributed by atoms with E-state index in [2.05, 4.69) is 159 Å². The summed E-state index contributed by atoms with van der Waals surface area (Å²) in [6, 6.07) is 36.6. The minimum Gasteiger partial charge on any atom is -0.497 e. The second-order valence-electron chi connectivity index (χ2n) is 20.2. The first-order valence-corrected chi connectivity index (χ1v) is 21.0. The number of hydrogen-bond acceptors (Lipinski definition) is 4. The first-order chi connectivity index (χ1) is 27.5. The molecule has 0 aliphatic heterocycles. The number of nitrogens with zero attached hydrogens (tertiary/aromatic N) is 3. The molecule has 0 bridgehead atoms. The molecule has 0 radical (unpaired) electrons. The van der Waals surface area contributed by atoms with Crippen molar-refractivity contribution in [3.63, 3.8) is 0 Å². The van der Waals surface area contributed by atoms with Crippen LogP contribution in [0.3, 0.4) is 0 Å². The van der Waals surface area contributed by atoms with Crippen molar-refractivity contribution in [2.45, 2.75) is 99.3 Å². The molecule has 0 N–H and O–H groups in total. The van der Waals surface area contributed by atoms with Crippen LogP contribution < -0.4 is 4.74 Å². The first kappa shape index (κ1) is 39.7. The average Bonchev–Trinajstić information content (AvgIpc) is 3.75. The van der Waals surface area contributed by atoms with Gasteiger partial charge in [-0.15, -0.1) is 17.7 Å². The third-order valence-electron chi connectivity index (χ3n) is 13.9. The van der Waals surface area contributed by atoms with Gasteiger partial charge in [0.15, 0.2) is 0 Å². The zero-order valence-corrected chi connectivity index (χ0v) is 38.2. The zero-order chi connectivity index (χ0) is 40.5. The van der Waals surface area contributed by atoms with E-state index in [0.717, 1.165) is 55.2 Å². The van der Waals surface area contributed by atoms with Crippen LogP contribution >= 0.6 is 0 Å². The maximum atomic E-state index is 6.81. The molecule has 1 saturated carbocycles. The van der Waals surface area contributed by atoms with Crippen LogP contribution in [0.5, 0.6) is 11.6 Å². The van der Waals surface area contributed by atoms with Crippen LogP contribution in [0.2, 0.25) is 0 Å². The molecule has 1 fully saturated rings. The van der Waals surface area contributed by atoms with Crippen molar-refractivity contribution >= 4 is 43.9 Å². The summed E-state index contributed by atoms with van der Waals surface area (Å²) < 4.78 is 15.5. The van der Waals surface area contributed by atoms with Crippen LogP contribution in [-0.2, 0) is 31.9 Å². The van der Waals surface area contributed by atoms with E-state index in [-0.39, 0.29) is 31.9 Å². The topological polar surface area (TPSA) is 53.1 Å². The summed E-state index contributed by atoms with van der Waals surface area (Å²) in [6.45, 7) is 24.0. The van der Waals surface area contributed by atoms with E-state index in [1.54, 1.807) is 0 Å². The van der Waals surface area contributed by atoms with Gasteiger partial charge >= 0.3 is 21.1 Å². The van der Waals surface area contributed by atoms with Gasteiger partial charge in [0.1, 0.15) is 11.2 Å². The normalized spacial score (nSPS) is 19.3. The van der Waals surface area contributed by atoms with Gasteiger partial charge in [-0.2, -0.15) is 28.2 Å². The van der Waals surface area contributed by atoms with E-state index in [1.165, 1.54) is 41.5 Å². The van der Waals surface area contributed by atoms with Crippen molar-refractivity contribution in [1.29, 1.82) is 0 Å². The maximum absolute atomic E-state index is 6.81. The van der Waals surface area contributed by atoms with Gasteiger partial charge in [0, 0.05) is 28.4 Å². The number of aromatic nitrogens is 3. The minimum absolute atomic E-state index is 0. The number of para-hydroxylation sites is 2. The molecule has 2 aliphatic rings. The van der Waals surface area contributed by atoms with E-state index in [0.29, 0.717) is 39.9 Å². The molecule has 2 aliphatic carbocycles. The summed E-state index contributed by atoms with van der Waals surface area (Å²) >= 11 is 0. The molecule has 4 heterocycles. The average molecular weight is 959 g/mol. The molecule has 4 aromatic carbocycles. The molecule has 5 nitrogen and oxygen atoms in total. The molecule has 0 saturated heterocycles. The van der Waals surface area contributed by atoms with Gasteiger partial charge in [0.25, 0.3) is 0 Å². The van der Waals surface area contributed by atoms with E-state index < -0.39 is 0 Å². The summed E-state index contributed by atoms with van der Waals surface area (Å²) in [4.78, 5) is 10.4. The predicted octanol–water partition coefficient (Wildman–Crippen LogP) is 14.2. The van der Waals surface area contributed by atoms with Crippen LogP contribution in [0.15, 0.2) is 95.5 Å². The standard InChI is InChI=1S/C53H53N3O2.Pt/c1-31-19-20-35(23-32(31)2)56-43-17-13-11-15-36(43)38-21-22-46(55-49(38)56)57-45-25-33(24-39-37-16-12-14-18-44(37)58-47(39)45)42-26-40-41(29-54-42)53(9,10)48(52(40,7)8)34-27-50(3,4)30-51(5,6)28-34;/h11-19,21-24,26,29,34,48H,27-28,30H2,1-10H3;/q-2;+2. The predicted molar refractivity (Wildman–Crippen MR) is 237 cm³/mol. The molecule has 302 valence electrons. The Balaban J connectivity index is 0.00000449. The van der Waals surface area contributed by atoms with Gasteiger partial charge in [-0.25, -0.2) is 0 Å². The molecule has 0 amide bonds. The Hall–Kier alpha value is -4.73. The number of rotatable bonds is 5. The molecular weight excluding hydrogens is 906 g/mol. The fourth-order valence-corrected chi connectivity index (χ4v) is 12.2. The monoisotopic (exact) mass is 958 g/mol. The summed E-state index contributed by atoms with van der Waals surface area (Å²) in [5, 5.41) is 4.17. The number of pyridine rings is 2. The fraction of sp³-hybridized carbons (Fsp3) is 0.358. The van der Waals surface area contributed by atoms with E-state index >= 15 is 0 Å². The van der Waals surface area contributed by atoms with Gasteiger partial charge in [-0.05, 0) is 87.8 Å². The van der Waals surface area contributed by atoms with Crippen LogP contribution in [0.25, 0.3) is 60.8 Å². The van der Waals surface area contributed by atoms with Crippen LogP contribution in [0.4, 0.5) is 0 Å². The van der Waals surface area contributed by atoms with E-state index in [9.17, 15) is 0 Å². The van der Waals surface area contributed by atoms with Crippen molar-refractivity contribution in [3.8, 4) is 28.6 Å². The molecule has 1 atom stereocenters.